The predicted octanol–water partition coefficient (Wildman–Crippen LogP) is -0.325. The number of aryl methyl sites for hydroxylation is 1. The van der Waals surface area contributed by atoms with E-state index in [1.165, 1.54) is 4.57 Å². The summed E-state index contributed by atoms with van der Waals surface area (Å²) >= 11 is 0. The maximum atomic E-state index is 12.8. The fourth-order valence-electron chi connectivity index (χ4n) is 1.23. The molecule has 0 saturated carbocycles. The molecule has 15 heavy (non-hydrogen) atoms. The average Bonchev–Trinajstić information content (AvgIpc) is 2.20. The largest absolute Gasteiger partial charge is 0.328 e. The van der Waals surface area contributed by atoms with Gasteiger partial charge in [-0.3, -0.25) is 14.3 Å². The van der Waals surface area contributed by atoms with Crippen molar-refractivity contribution in [3.8, 4) is 0 Å². The van der Waals surface area contributed by atoms with Gasteiger partial charge in [0, 0.05) is 6.54 Å². The van der Waals surface area contributed by atoms with Crippen LogP contribution in [0.25, 0.3) is 0 Å². The highest BCUT2D eigenvalue weighted by Gasteiger charge is 2.02. The van der Waals surface area contributed by atoms with E-state index in [1.54, 1.807) is 0 Å². The van der Waals surface area contributed by atoms with Gasteiger partial charge in [0.15, 0.2) is 0 Å². The second-order valence-corrected chi connectivity index (χ2v) is 3.24. The number of unbranched alkanes of at least 4 members (excludes halogenated alkanes) is 1. The molecule has 0 aliphatic carbocycles. The molecule has 0 aliphatic heterocycles. The van der Waals surface area contributed by atoms with Crippen LogP contribution in [0.4, 0.5) is 4.39 Å². The number of aromatic nitrogens is 2. The third kappa shape index (κ3) is 3.32. The minimum absolute atomic E-state index is 0.411. The maximum absolute atomic E-state index is 12.8. The normalized spacial score (nSPS) is 10.5. The number of nitrogens with one attached hydrogen (secondary N) is 2. The van der Waals surface area contributed by atoms with E-state index in [-0.39, 0.29) is 0 Å². The van der Waals surface area contributed by atoms with Crippen LogP contribution in [0.2, 0.25) is 0 Å². The molecule has 1 aromatic heterocycles. The van der Waals surface area contributed by atoms with Crippen LogP contribution in [0.5, 0.6) is 0 Å². The van der Waals surface area contributed by atoms with E-state index < -0.39 is 17.1 Å². The van der Waals surface area contributed by atoms with Crippen LogP contribution in [-0.2, 0) is 6.54 Å². The first-order chi connectivity index (χ1) is 7.15. The summed E-state index contributed by atoms with van der Waals surface area (Å²) in [6.07, 6.45) is 2.59. The summed E-state index contributed by atoms with van der Waals surface area (Å²) in [5.41, 5.74) is -1.53. The first-order valence-electron chi connectivity index (χ1n) is 4.79. The maximum Gasteiger partial charge on any atom is 0.328 e. The summed E-state index contributed by atoms with van der Waals surface area (Å²) in [4.78, 5) is 23.8. The van der Waals surface area contributed by atoms with E-state index in [4.69, 9.17) is 0 Å². The van der Waals surface area contributed by atoms with Crippen LogP contribution in [0, 0.1) is 5.82 Å². The van der Waals surface area contributed by atoms with Crippen molar-refractivity contribution in [3.63, 3.8) is 0 Å². The minimum Gasteiger partial charge on any atom is -0.320 e. The SMILES string of the molecule is CNCCCCn1cc(F)c(=O)[nH]c1=O. The van der Waals surface area contributed by atoms with Gasteiger partial charge in [0.05, 0.1) is 6.20 Å². The molecule has 0 aromatic carbocycles. The lowest BCUT2D eigenvalue weighted by molar-refractivity contribution is 0.525. The average molecular weight is 215 g/mol. The topological polar surface area (TPSA) is 66.9 Å². The summed E-state index contributed by atoms with van der Waals surface area (Å²) in [6.45, 7) is 1.26. The first-order valence-corrected chi connectivity index (χ1v) is 4.79. The van der Waals surface area contributed by atoms with Gasteiger partial charge in [-0.2, -0.15) is 4.39 Å². The van der Waals surface area contributed by atoms with Gasteiger partial charge in [-0.1, -0.05) is 0 Å². The van der Waals surface area contributed by atoms with Crippen molar-refractivity contribution < 1.29 is 4.39 Å². The summed E-state index contributed by atoms with van der Waals surface area (Å²) < 4.78 is 14.0. The zero-order valence-electron chi connectivity index (χ0n) is 8.55. The molecule has 1 heterocycles. The number of halogens is 1. The Hall–Kier alpha value is -1.43. The minimum atomic E-state index is -0.966. The number of aromatic amines is 1. The predicted molar refractivity (Wildman–Crippen MR) is 54.4 cm³/mol. The molecule has 0 unspecified atom stereocenters. The highest BCUT2D eigenvalue weighted by molar-refractivity contribution is 4.86. The second-order valence-electron chi connectivity index (χ2n) is 3.24. The van der Waals surface area contributed by atoms with Gasteiger partial charge in [-0.05, 0) is 26.4 Å². The fourth-order valence-corrected chi connectivity index (χ4v) is 1.23. The van der Waals surface area contributed by atoms with Crippen molar-refractivity contribution in [1.82, 2.24) is 14.9 Å². The van der Waals surface area contributed by atoms with Crippen LogP contribution in [-0.4, -0.2) is 23.1 Å². The zero-order valence-corrected chi connectivity index (χ0v) is 8.55. The molecule has 1 rings (SSSR count). The van der Waals surface area contributed by atoms with Crippen LogP contribution in [0.1, 0.15) is 12.8 Å². The number of hydrogen-bond donors (Lipinski definition) is 2. The first kappa shape index (κ1) is 11.6. The summed E-state index contributed by atoms with van der Waals surface area (Å²) in [7, 11) is 1.84. The lowest BCUT2D eigenvalue weighted by atomic mass is 10.3. The quantitative estimate of drug-likeness (QED) is 0.661. The van der Waals surface area contributed by atoms with Gasteiger partial charge in [0.1, 0.15) is 0 Å². The lowest BCUT2D eigenvalue weighted by Crippen LogP contribution is -2.31. The van der Waals surface area contributed by atoms with Crippen molar-refractivity contribution in [2.24, 2.45) is 0 Å². The Labute approximate surface area is 85.9 Å². The van der Waals surface area contributed by atoms with Crippen molar-refractivity contribution in [3.05, 3.63) is 32.9 Å². The van der Waals surface area contributed by atoms with Crippen molar-refractivity contribution in [1.29, 1.82) is 0 Å². The molecule has 5 nitrogen and oxygen atoms in total. The highest BCUT2D eigenvalue weighted by atomic mass is 19.1. The van der Waals surface area contributed by atoms with Crippen molar-refractivity contribution >= 4 is 0 Å². The van der Waals surface area contributed by atoms with E-state index >= 15 is 0 Å². The molecule has 0 fully saturated rings. The van der Waals surface area contributed by atoms with Crippen LogP contribution >= 0.6 is 0 Å². The Morgan fingerprint density at radius 3 is 2.87 bits per heavy atom. The summed E-state index contributed by atoms with van der Waals surface area (Å²) in [6, 6.07) is 0. The Morgan fingerprint density at radius 1 is 1.47 bits per heavy atom. The number of nitrogens with zero attached hydrogens (tertiary/aromatic N) is 1. The lowest BCUT2D eigenvalue weighted by Gasteiger charge is -2.04. The Balaban J connectivity index is 2.66. The Kier molecular flexibility index (Phi) is 4.23. The summed E-state index contributed by atoms with van der Waals surface area (Å²) in [5, 5.41) is 2.97. The molecular formula is C9H14FN3O2. The zero-order chi connectivity index (χ0) is 11.3. The van der Waals surface area contributed by atoms with E-state index in [2.05, 4.69) is 5.32 Å². The third-order valence-corrected chi connectivity index (χ3v) is 2.04. The van der Waals surface area contributed by atoms with Gasteiger partial charge in [0.25, 0.3) is 5.56 Å². The molecule has 0 atom stereocenters. The standard InChI is InChI=1S/C9H14FN3O2/c1-11-4-2-3-5-13-6-7(10)8(14)12-9(13)15/h6,11H,2-5H2,1H3,(H,12,14,15). The van der Waals surface area contributed by atoms with Gasteiger partial charge < -0.3 is 5.32 Å². The smallest absolute Gasteiger partial charge is 0.320 e. The second kappa shape index (κ2) is 5.45. The van der Waals surface area contributed by atoms with Gasteiger partial charge >= 0.3 is 5.69 Å². The van der Waals surface area contributed by atoms with Gasteiger partial charge in [-0.15, -0.1) is 0 Å². The molecular weight excluding hydrogens is 201 g/mol. The number of hydrogen-bond acceptors (Lipinski definition) is 3. The molecule has 0 aliphatic rings. The van der Waals surface area contributed by atoms with E-state index in [0.717, 1.165) is 25.6 Å². The Morgan fingerprint density at radius 2 is 2.20 bits per heavy atom. The van der Waals surface area contributed by atoms with Crippen LogP contribution in [0.3, 0.4) is 0 Å². The van der Waals surface area contributed by atoms with E-state index in [0.29, 0.717) is 6.54 Å². The molecule has 6 heteroatoms. The van der Waals surface area contributed by atoms with Crippen LogP contribution < -0.4 is 16.6 Å². The molecule has 1 aromatic rings. The molecule has 0 bridgehead atoms. The molecule has 0 amide bonds. The summed E-state index contributed by atoms with van der Waals surface area (Å²) in [5.74, 6) is -0.928. The molecule has 0 saturated heterocycles. The number of rotatable bonds is 5. The molecule has 2 N–H and O–H groups in total. The van der Waals surface area contributed by atoms with E-state index in [1.807, 2.05) is 12.0 Å². The van der Waals surface area contributed by atoms with Crippen molar-refractivity contribution in [2.45, 2.75) is 19.4 Å². The molecule has 0 radical (unpaired) electrons. The molecule has 84 valence electrons. The molecule has 0 spiro atoms. The highest BCUT2D eigenvalue weighted by Crippen LogP contribution is 1.91. The third-order valence-electron chi connectivity index (χ3n) is 2.04. The monoisotopic (exact) mass is 215 g/mol. The van der Waals surface area contributed by atoms with Gasteiger partial charge in [-0.25, -0.2) is 4.79 Å². The van der Waals surface area contributed by atoms with Crippen LogP contribution in [0.15, 0.2) is 15.8 Å². The fraction of sp³-hybridized carbons (Fsp3) is 0.556. The van der Waals surface area contributed by atoms with Gasteiger partial charge in [0.2, 0.25) is 5.82 Å². The Bertz CT molecular complexity index is 424. The van der Waals surface area contributed by atoms with E-state index in [9.17, 15) is 14.0 Å². The van der Waals surface area contributed by atoms with Crippen molar-refractivity contribution in [2.75, 3.05) is 13.6 Å². The number of H-pyrrole nitrogens is 1.